The van der Waals surface area contributed by atoms with Crippen molar-refractivity contribution in [2.75, 3.05) is 5.01 Å². The number of nitrogens with one attached hydrogen (secondary N) is 1. The second-order valence-electron chi connectivity index (χ2n) is 6.85. The summed E-state index contributed by atoms with van der Waals surface area (Å²) >= 11 is 0. The normalized spacial score (nSPS) is 16.3. The highest BCUT2D eigenvalue weighted by molar-refractivity contribution is 6.32. The summed E-state index contributed by atoms with van der Waals surface area (Å²) in [5.74, 6) is -2.20. The third-order valence-corrected chi connectivity index (χ3v) is 4.73. The highest BCUT2D eigenvalue weighted by atomic mass is 19.1. The molecular formula is C23H18FN5O2. The lowest BCUT2D eigenvalue weighted by Gasteiger charge is -2.16. The Morgan fingerprint density at radius 1 is 1.06 bits per heavy atom. The van der Waals surface area contributed by atoms with Crippen molar-refractivity contribution in [2.45, 2.75) is 6.92 Å². The molecule has 7 nitrogen and oxygen atoms in total. The molecule has 1 atom stereocenters. The Morgan fingerprint density at radius 3 is 2.55 bits per heavy atom. The SMILES string of the molecule is CC1=NN(c2ccccc2)C(=O)C1/C(=N\NC(=O)c1cccnc1)c1cccc(F)c1. The molecular weight excluding hydrogens is 397 g/mol. The summed E-state index contributed by atoms with van der Waals surface area (Å²) in [7, 11) is 0. The van der Waals surface area contributed by atoms with Gasteiger partial charge in [-0.05, 0) is 43.3 Å². The van der Waals surface area contributed by atoms with E-state index in [1.54, 1.807) is 55.6 Å². The Balaban J connectivity index is 1.70. The topological polar surface area (TPSA) is 87.0 Å². The Bertz CT molecular complexity index is 1180. The van der Waals surface area contributed by atoms with E-state index in [1.165, 1.54) is 29.4 Å². The number of aromatic nitrogens is 1. The molecule has 4 rings (SSSR count). The first-order valence-corrected chi connectivity index (χ1v) is 9.52. The van der Waals surface area contributed by atoms with Gasteiger partial charge in [0.1, 0.15) is 11.7 Å². The maximum Gasteiger partial charge on any atom is 0.272 e. The molecule has 2 amide bonds. The average molecular weight is 415 g/mol. The number of hydrogen-bond donors (Lipinski definition) is 1. The van der Waals surface area contributed by atoms with Gasteiger partial charge in [-0.15, -0.1) is 0 Å². The molecule has 1 aromatic heterocycles. The molecule has 3 aromatic rings. The van der Waals surface area contributed by atoms with Gasteiger partial charge in [0, 0.05) is 18.0 Å². The molecule has 0 saturated carbocycles. The zero-order chi connectivity index (χ0) is 21.8. The van der Waals surface area contributed by atoms with E-state index in [0.717, 1.165) is 0 Å². The fourth-order valence-electron chi connectivity index (χ4n) is 3.25. The average Bonchev–Trinajstić information content (AvgIpc) is 3.09. The molecule has 154 valence electrons. The Hall–Kier alpha value is -4.20. The van der Waals surface area contributed by atoms with Gasteiger partial charge in [0.15, 0.2) is 0 Å². The lowest BCUT2D eigenvalue weighted by molar-refractivity contribution is -0.118. The van der Waals surface area contributed by atoms with Crippen LogP contribution < -0.4 is 10.4 Å². The Morgan fingerprint density at radius 2 is 1.84 bits per heavy atom. The molecule has 0 bridgehead atoms. The second-order valence-corrected chi connectivity index (χ2v) is 6.85. The molecule has 1 aliphatic heterocycles. The van der Waals surface area contributed by atoms with E-state index >= 15 is 0 Å². The minimum atomic E-state index is -0.879. The molecule has 1 unspecified atom stereocenters. The van der Waals surface area contributed by atoms with Crippen LogP contribution in [0.15, 0.2) is 89.3 Å². The summed E-state index contributed by atoms with van der Waals surface area (Å²) in [4.78, 5) is 29.6. The molecule has 2 aromatic carbocycles. The summed E-state index contributed by atoms with van der Waals surface area (Å²) in [6, 6.07) is 17.9. The third-order valence-electron chi connectivity index (χ3n) is 4.73. The predicted octanol–water partition coefficient (Wildman–Crippen LogP) is 3.39. The largest absolute Gasteiger partial charge is 0.272 e. The van der Waals surface area contributed by atoms with Crippen molar-refractivity contribution in [1.82, 2.24) is 10.4 Å². The van der Waals surface area contributed by atoms with Crippen molar-refractivity contribution < 1.29 is 14.0 Å². The van der Waals surface area contributed by atoms with E-state index in [1.807, 2.05) is 6.07 Å². The number of carbonyl (C=O) groups excluding carboxylic acids is 2. The summed E-state index contributed by atoms with van der Waals surface area (Å²) in [5, 5.41) is 9.88. The number of hydrogen-bond acceptors (Lipinski definition) is 5. The van der Waals surface area contributed by atoms with Gasteiger partial charge < -0.3 is 0 Å². The number of pyridine rings is 1. The van der Waals surface area contributed by atoms with Crippen LogP contribution in [-0.2, 0) is 4.79 Å². The van der Waals surface area contributed by atoms with Crippen molar-refractivity contribution >= 4 is 28.9 Å². The van der Waals surface area contributed by atoms with E-state index < -0.39 is 17.6 Å². The van der Waals surface area contributed by atoms with Gasteiger partial charge in [-0.25, -0.2) is 9.82 Å². The van der Waals surface area contributed by atoms with Crippen molar-refractivity contribution in [3.8, 4) is 0 Å². The third kappa shape index (κ3) is 4.23. The van der Waals surface area contributed by atoms with Gasteiger partial charge in [-0.2, -0.15) is 15.2 Å². The van der Waals surface area contributed by atoms with E-state index in [4.69, 9.17) is 0 Å². The molecule has 0 spiro atoms. The van der Waals surface area contributed by atoms with Crippen LogP contribution in [0.3, 0.4) is 0 Å². The number of halogens is 1. The van der Waals surface area contributed by atoms with Crippen LogP contribution in [0.4, 0.5) is 10.1 Å². The summed E-state index contributed by atoms with van der Waals surface area (Å²) in [6.45, 7) is 1.70. The highest BCUT2D eigenvalue weighted by Crippen LogP contribution is 2.26. The van der Waals surface area contributed by atoms with Gasteiger partial charge in [0.25, 0.3) is 11.8 Å². The Kier molecular flexibility index (Phi) is 5.61. The fraction of sp³-hybridized carbons (Fsp3) is 0.0870. The van der Waals surface area contributed by atoms with Crippen LogP contribution in [0, 0.1) is 11.7 Å². The molecule has 0 radical (unpaired) electrons. The zero-order valence-electron chi connectivity index (χ0n) is 16.6. The van der Waals surface area contributed by atoms with Crippen molar-refractivity contribution in [2.24, 2.45) is 16.1 Å². The van der Waals surface area contributed by atoms with Gasteiger partial charge in [-0.1, -0.05) is 30.3 Å². The van der Waals surface area contributed by atoms with E-state index in [-0.39, 0.29) is 11.6 Å². The lowest BCUT2D eigenvalue weighted by atomic mass is 9.92. The molecule has 31 heavy (non-hydrogen) atoms. The van der Waals surface area contributed by atoms with E-state index in [0.29, 0.717) is 22.5 Å². The molecule has 8 heteroatoms. The lowest BCUT2D eigenvalue weighted by Crippen LogP contribution is -2.35. The van der Waals surface area contributed by atoms with Crippen LogP contribution in [0.25, 0.3) is 0 Å². The van der Waals surface area contributed by atoms with Crippen LogP contribution in [-0.4, -0.2) is 28.2 Å². The van der Waals surface area contributed by atoms with Crippen molar-refractivity contribution in [1.29, 1.82) is 0 Å². The first-order chi connectivity index (χ1) is 15.0. The van der Waals surface area contributed by atoms with Gasteiger partial charge in [-0.3, -0.25) is 14.6 Å². The minimum Gasteiger partial charge on any atom is -0.271 e. The smallest absolute Gasteiger partial charge is 0.271 e. The number of hydrazone groups is 2. The molecule has 1 aliphatic rings. The number of amides is 2. The van der Waals surface area contributed by atoms with Gasteiger partial charge >= 0.3 is 0 Å². The Labute approximate surface area is 177 Å². The number of rotatable bonds is 5. The molecule has 1 N–H and O–H groups in total. The van der Waals surface area contributed by atoms with E-state index in [9.17, 15) is 14.0 Å². The standard InChI is InChI=1S/C23H18FN5O2/c1-15-20(23(31)29(28-15)19-10-3-2-4-11-19)21(16-7-5-9-18(24)13-16)26-27-22(30)17-8-6-12-25-14-17/h2-14,20H,1H3,(H,27,30)/b26-21-. The van der Waals surface area contributed by atoms with Crippen LogP contribution in [0.1, 0.15) is 22.8 Å². The number of anilines is 1. The molecule has 2 heterocycles. The first kappa shape index (κ1) is 20.1. The van der Waals surface area contributed by atoms with E-state index in [2.05, 4.69) is 20.6 Å². The van der Waals surface area contributed by atoms with Crippen LogP contribution >= 0.6 is 0 Å². The second kappa shape index (κ2) is 8.66. The van der Waals surface area contributed by atoms with Crippen LogP contribution in [0.2, 0.25) is 0 Å². The van der Waals surface area contributed by atoms with Crippen molar-refractivity contribution in [3.63, 3.8) is 0 Å². The predicted molar refractivity (Wildman–Crippen MR) is 115 cm³/mol. The fourth-order valence-corrected chi connectivity index (χ4v) is 3.25. The van der Waals surface area contributed by atoms with Gasteiger partial charge in [0.2, 0.25) is 0 Å². The highest BCUT2D eigenvalue weighted by Gasteiger charge is 2.39. The zero-order valence-corrected chi connectivity index (χ0v) is 16.6. The summed E-state index contributed by atoms with van der Waals surface area (Å²) in [5.41, 5.74) is 4.40. The van der Waals surface area contributed by atoms with Crippen LogP contribution in [0.5, 0.6) is 0 Å². The molecule has 0 saturated heterocycles. The van der Waals surface area contributed by atoms with Gasteiger partial charge in [0.05, 0.1) is 22.7 Å². The maximum absolute atomic E-state index is 13.9. The van der Waals surface area contributed by atoms with Crippen molar-refractivity contribution in [3.05, 3.63) is 96.1 Å². The number of carbonyl (C=O) groups is 2. The number of benzene rings is 2. The monoisotopic (exact) mass is 415 g/mol. The first-order valence-electron chi connectivity index (χ1n) is 9.52. The summed E-state index contributed by atoms with van der Waals surface area (Å²) < 4.78 is 13.9. The minimum absolute atomic E-state index is 0.196. The number of nitrogens with zero attached hydrogens (tertiary/aromatic N) is 4. The molecule has 0 aliphatic carbocycles. The molecule has 0 fully saturated rings. The maximum atomic E-state index is 13.9. The number of para-hydroxylation sites is 1. The quantitative estimate of drug-likeness (QED) is 0.512. The summed E-state index contributed by atoms with van der Waals surface area (Å²) in [6.07, 6.45) is 2.95.